The van der Waals surface area contributed by atoms with Crippen molar-refractivity contribution in [3.8, 4) is 11.3 Å². The number of rotatable bonds is 7. The molecule has 0 saturated carbocycles. The van der Waals surface area contributed by atoms with Crippen LogP contribution in [0.5, 0.6) is 0 Å². The van der Waals surface area contributed by atoms with E-state index in [1.807, 2.05) is 29.1 Å². The van der Waals surface area contributed by atoms with Crippen LogP contribution < -0.4 is 5.43 Å². The Morgan fingerprint density at radius 2 is 1.74 bits per heavy atom. The van der Waals surface area contributed by atoms with Gasteiger partial charge in [0.15, 0.2) is 0 Å². The Morgan fingerprint density at radius 1 is 1.00 bits per heavy atom. The molecule has 4 aromatic rings. The fourth-order valence-electron chi connectivity index (χ4n) is 3.23. The molecule has 2 aromatic heterocycles. The second-order valence-electron chi connectivity index (χ2n) is 7.10. The standard InChI is InChI=1S/C25H23N5O/c1-2-19-8-10-21(11-9-19)24-23(16-27-28-25(31)22-12-14-26-15-13-22)18-30(29-24)17-20-6-4-3-5-7-20/h3-16,18H,2,17H2,1H3,(H,28,31)/b27-16-. The average Bonchev–Trinajstić information content (AvgIpc) is 3.22. The predicted octanol–water partition coefficient (Wildman–Crippen LogP) is 4.32. The normalized spacial score (nSPS) is 11.0. The summed E-state index contributed by atoms with van der Waals surface area (Å²) < 4.78 is 1.89. The van der Waals surface area contributed by atoms with Gasteiger partial charge in [-0.05, 0) is 29.7 Å². The van der Waals surface area contributed by atoms with E-state index in [1.165, 1.54) is 5.56 Å². The molecule has 6 nitrogen and oxygen atoms in total. The summed E-state index contributed by atoms with van der Waals surface area (Å²) in [6, 6.07) is 21.8. The first-order valence-electron chi connectivity index (χ1n) is 10.2. The van der Waals surface area contributed by atoms with E-state index in [2.05, 4.69) is 58.8 Å². The van der Waals surface area contributed by atoms with Crippen molar-refractivity contribution in [1.82, 2.24) is 20.2 Å². The third kappa shape index (κ3) is 5.11. The van der Waals surface area contributed by atoms with Crippen LogP contribution in [0.4, 0.5) is 0 Å². The van der Waals surface area contributed by atoms with Gasteiger partial charge >= 0.3 is 0 Å². The van der Waals surface area contributed by atoms with E-state index in [4.69, 9.17) is 5.10 Å². The van der Waals surface area contributed by atoms with Gasteiger partial charge in [-0.2, -0.15) is 10.2 Å². The molecular formula is C25H23N5O. The lowest BCUT2D eigenvalue weighted by molar-refractivity contribution is 0.0955. The SMILES string of the molecule is CCc1ccc(-c2nn(Cc3ccccc3)cc2/C=N\NC(=O)c2ccncc2)cc1. The second kappa shape index (κ2) is 9.63. The molecule has 2 aromatic carbocycles. The van der Waals surface area contributed by atoms with Gasteiger partial charge in [-0.1, -0.05) is 61.5 Å². The van der Waals surface area contributed by atoms with Crippen LogP contribution in [0.25, 0.3) is 11.3 Å². The van der Waals surface area contributed by atoms with Gasteiger partial charge in [0.25, 0.3) is 5.91 Å². The monoisotopic (exact) mass is 409 g/mol. The summed E-state index contributed by atoms with van der Waals surface area (Å²) in [6.07, 6.45) is 7.71. The van der Waals surface area contributed by atoms with Crippen molar-refractivity contribution < 1.29 is 4.79 Å². The number of pyridine rings is 1. The third-order valence-corrected chi connectivity index (χ3v) is 4.93. The molecule has 0 bridgehead atoms. The van der Waals surface area contributed by atoms with Gasteiger partial charge in [-0.3, -0.25) is 14.5 Å². The Balaban J connectivity index is 1.59. The van der Waals surface area contributed by atoms with E-state index in [0.717, 1.165) is 28.8 Å². The highest BCUT2D eigenvalue weighted by Crippen LogP contribution is 2.22. The molecule has 31 heavy (non-hydrogen) atoms. The van der Waals surface area contributed by atoms with Gasteiger partial charge in [0.05, 0.1) is 12.8 Å². The number of nitrogens with one attached hydrogen (secondary N) is 1. The number of aromatic nitrogens is 3. The molecule has 0 radical (unpaired) electrons. The van der Waals surface area contributed by atoms with Crippen LogP contribution >= 0.6 is 0 Å². The zero-order valence-electron chi connectivity index (χ0n) is 17.3. The molecule has 0 fully saturated rings. The Kier molecular flexibility index (Phi) is 6.28. The van der Waals surface area contributed by atoms with Gasteiger partial charge in [-0.15, -0.1) is 0 Å². The molecule has 0 aliphatic carbocycles. The van der Waals surface area contributed by atoms with Crippen LogP contribution in [0.3, 0.4) is 0 Å². The number of hydrogen-bond acceptors (Lipinski definition) is 4. The first-order chi connectivity index (χ1) is 15.2. The van der Waals surface area contributed by atoms with Crippen molar-refractivity contribution in [2.45, 2.75) is 19.9 Å². The van der Waals surface area contributed by atoms with E-state index < -0.39 is 0 Å². The molecule has 0 saturated heterocycles. The minimum Gasteiger partial charge on any atom is -0.267 e. The summed E-state index contributed by atoms with van der Waals surface area (Å²) in [7, 11) is 0. The van der Waals surface area contributed by atoms with Gasteiger partial charge in [0, 0.05) is 35.3 Å². The van der Waals surface area contributed by atoms with Crippen molar-refractivity contribution in [3.63, 3.8) is 0 Å². The largest absolute Gasteiger partial charge is 0.271 e. The molecule has 0 unspecified atom stereocenters. The summed E-state index contributed by atoms with van der Waals surface area (Å²) in [4.78, 5) is 16.2. The highest BCUT2D eigenvalue weighted by atomic mass is 16.2. The lowest BCUT2D eigenvalue weighted by atomic mass is 10.1. The third-order valence-electron chi connectivity index (χ3n) is 4.93. The first kappa shape index (κ1) is 20.2. The fraction of sp³-hybridized carbons (Fsp3) is 0.120. The topological polar surface area (TPSA) is 72.2 Å². The Labute approximate surface area is 181 Å². The average molecular weight is 409 g/mol. The lowest BCUT2D eigenvalue weighted by Gasteiger charge is -2.02. The molecular weight excluding hydrogens is 386 g/mol. The van der Waals surface area contributed by atoms with Crippen molar-refractivity contribution in [3.05, 3.63) is 108 Å². The Hall–Kier alpha value is -4.06. The zero-order chi connectivity index (χ0) is 21.5. The summed E-state index contributed by atoms with van der Waals surface area (Å²) in [5, 5.41) is 8.95. The van der Waals surface area contributed by atoms with E-state index in [0.29, 0.717) is 12.1 Å². The summed E-state index contributed by atoms with van der Waals surface area (Å²) >= 11 is 0. The number of carbonyl (C=O) groups is 1. The van der Waals surface area contributed by atoms with E-state index in [-0.39, 0.29) is 5.91 Å². The van der Waals surface area contributed by atoms with Crippen LogP contribution in [-0.2, 0) is 13.0 Å². The minimum atomic E-state index is -0.288. The molecule has 0 spiro atoms. The lowest BCUT2D eigenvalue weighted by Crippen LogP contribution is -2.17. The maximum absolute atomic E-state index is 12.2. The predicted molar refractivity (Wildman–Crippen MR) is 122 cm³/mol. The molecule has 1 amide bonds. The smallest absolute Gasteiger partial charge is 0.267 e. The van der Waals surface area contributed by atoms with Crippen LogP contribution in [0.2, 0.25) is 0 Å². The Morgan fingerprint density at radius 3 is 2.45 bits per heavy atom. The Bertz CT molecular complexity index is 1170. The number of benzene rings is 2. The quantitative estimate of drug-likeness (QED) is 0.365. The number of hydrazone groups is 1. The highest BCUT2D eigenvalue weighted by molar-refractivity contribution is 5.95. The van der Waals surface area contributed by atoms with Crippen molar-refractivity contribution in [1.29, 1.82) is 0 Å². The number of carbonyl (C=O) groups excluding carboxylic acids is 1. The molecule has 0 aliphatic rings. The maximum atomic E-state index is 12.2. The number of hydrogen-bond donors (Lipinski definition) is 1. The molecule has 0 aliphatic heterocycles. The first-order valence-corrected chi connectivity index (χ1v) is 10.2. The number of amides is 1. The fourth-order valence-corrected chi connectivity index (χ4v) is 3.23. The highest BCUT2D eigenvalue weighted by Gasteiger charge is 2.11. The molecule has 0 atom stereocenters. The molecule has 154 valence electrons. The molecule has 4 rings (SSSR count). The van der Waals surface area contributed by atoms with Crippen LogP contribution in [0.1, 0.15) is 34.0 Å². The van der Waals surface area contributed by atoms with Gasteiger partial charge in [0.2, 0.25) is 0 Å². The van der Waals surface area contributed by atoms with Crippen molar-refractivity contribution >= 4 is 12.1 Å². The summed E-state index contributed by atoms with van der Waals surface area (Å²) in [5.41, 5.74) is 8.16. The molecule has 6 heteroatoms. The number of nitrogens with zero attached hydrogens (tertiary/aromatic N) is 4. The van der Waals surface area contributed by atoms with E-state index in [9.17, 15) is 4.79 Å². The van der Waals surface area contributed by atoms with Crippen molar-refractivity contribution in [2.75, 3.05) is 0 Å². The zero-order valence-corrected chi connectivity index (χ0v) is 17.3. The van der Waals surface area contributed by atoms with Gasteiger partial charge in [-0.25, -0.2) is 5.43 Å². The van der Waals surface area contributed by atoms with E-state index >= 15 is 0 Å². The van der Waals surface area contributed by atoms with Gasteiger partial charge < -0.3 is 0 Å². The van der Waals surface area contributed by atoms with Crippen LogP contribution in [0, 0.1) is 0 Å². The van der Waals surface area contributed by atoms with Crippen LogP contribution in [0.15, 0.2) is 90.4 Å². The van der Waals surface area contributed by atoms with E-state index in [1.54, 1.807) is 30.7 Å². The van der Waals surface area contributed by atoms with Crippen molar-refractivity contribution in [2.24, 2.45) is 5.10 Å². The second-order valence-corrected chi connectivity index (χ2v) is 7.10. The van der Waals surface area contributed by atoms with Gasteiger partial charge in [0.1, 0.15) is 5.69 Å². The minimum absolute atomic E-state index is 0.288. The summed E-state index contributed by atoms with van der Waals surface area (Å²) in [5.74, 6) is -0.288. The maximum Gasteiger partial charge on any atom is 0.271 e. The molecule has 1 N–H and O–H groups in total. The molecule has 2 heterocycles. The number of aryl methyl sites for hydroxylation is 1. The summed E-state index contributed by atoms with van der Waals surface area (Å²) in [6.45, 7) is 2.78. The van der Waals surface area contributed by atoms with Crippen LogP contribution in [-0.4, -0.2) is 26.9 Å².